The van der Waals surface area contributed by atoms with E-state index in [0.717, 1.165) is 35.1 Å². The van der Waals surface area contributed by atoms with Gasteiger partial charge >= 0.3 is 5.97 Å². The van der Waals surface area contributed by atoms with Crippen molar-refractivity contribution in [1.82, 2.24) is 10.3 Å². The second-order valence-electron chi connectivity index (χ2n) is 7.25. The van der Waals surface area contributed by atoms with E-state index < -0.39 is 5.97 Å². The van der Waals surface area contributed by atoms with Gasteiger partial charge < -0.3 is 15.0 Å². The normalized spacial score (nSPS) is 10.6. The Bertz CT molecular complexity index is 1030. The van der Waals surface area contributed by atoms with Crippen LogP contribution < -0.4 is 10.2 Å². The van der Waals surface area contributed by atoms with Crippen molar-refractivity contribution in [3.8, 4) is 0 Å². The number of carbonyl (C=O) groups is 2. The zero-order chi connectivity index (χ0) is 21.5. The van der Waals surface area contributed by atoms with Crippen molar-refractivity contribution in [2.45, 2.75) is 20.3 Å². The number of fused-ring (bicyclic) bond motifs is 1. The maximum atomic E-state index is 12.6. The average molecular weight is 405 g/mol. The number of amides is 1. The molecule has 1 N–H and O–H groups in total. The lowest BCUT2D eigenvalue weighted by Gasteiger charge is -2.19. The molecule has 3 rings (SSSR count). The van der Waals surface area contributed by atoms with Gasteiger partial charge in [-0.25, -0.2) is 4.79 Å². The zero-order valence-corrected chi connectivity index (χ0v) is 17.6. The molecular formula is C24H27N3O3. The van der Waals surface area contributed by atoms with Gasteiger partial charge in [-0.05, 0) is 44.0 Å². The van der Waals surface area contributed by atoms with Crippen LogP contribution in [0.1, 0.15) is 28.0 Å². The van der Waals surface area contributed by atoms with E-state index in [2.05, 4.69) is 15.2 Å². The lowest BCUT2D eigenvalue weighted by molar-refractivity contribution is -0.124. The van der Waals surface area contributed by atoms with Gasteiger partial charge in [-0.3, -0.25) is 9.78 Å². The molecule has 0 fully saturated rings. The van der Waals surface area contributed by atoms with Crippen LogP contribution in [0.2, 0.25) is 0 Å². The van der Waals surface area contributed by atoms with Gasteiger partial charge in [0.05, 0.1) is 16.8 Å². The highest BCUT2D eigenvalue weighted by Gasteiger charge is 2.18. The van der Waals surface area contributed by atoms with Gasteiger partial charge in [0.15, 0.2) is 6.61 Å². The number of benzene rings is 2. The predicted octanol–water partition coefficient (Wildman–Crippen LogP) is 3.65. The average Bonchev–Trinajstić information content (AvgIpc) is 2.75. The molecule has 156 valence electrons. The third-order valence-electron chi connectivity index (χ3n) is 5.06. The van der Waals surface area contributed by atoms with Crippen molar-refractivity contribution >= 4 is 28.5 Å². The summed E-state index contributed by atoms with van der Waals surface area (Å²) in [7, 11) is 2.02. The molecule has 0 saturated heterocycles. The molecule has 6 heteroatoms. The first kappa shape index (κ1) is 21.3. The molecule has 1 heterocycles. The molecule has 6 nitrogen and oxygen atoms in total. The van der Waals surface area contributed by atoms with Crippen molar-refractivity contribution < 1.29 is 14.3 Å². The van der Waals surface area contributed by atoms with Gasteiger partial charge in [-0.1, -0.05) is 36.4 Å². The number of para-hydroxylation sites is 2. The minimum absolute atomic E-state index is 0.306. The van der Waals surface area contributed by atoms with Crippen LogP contribution in [-0.4, -0.2) is 43.6 Å². The number of aromatic nitrogens is 1. The molecular weight excluding hydrogens is 378 g/mol. The number of ether oxygens (including phenoxy) is 1. The van der Waals surface area contributed by atoms with Crippen LogP contribution in [0.15, 0.2) is 54.6 Å². The monoisotopic (exact) mass is 405 g/mol. The van der Waals surface area contributed by atoms with Crippen molar-refractivity contribution in [3.05, 3.63) is 71.4 Å². The maximum Gasteiger partial charge on any atom is 0.340 e. The summed E-state index contributed by atoms with van der Waals surface area (Å²) >= 11 is 0. The molecule has 0 atom stereocenters. The largest absolute Gasteiger partial charge is 0.452 e. The minimum Gasteiger partial charge on any atom is -0.452 e. The Morgan fingerprint density at radius 2 is 1.73 bits per heavy atom. The minimum atomic E-state index is -0.526. The van der Waals surface area contributed by atoms with Gasteiger partial charge in [0.2, 0.25) is 0 Å². The van der Waals surface area contributed by atoms with E-state index >= 15 is 0 Å². The van der Waals surface area contributed by atoms with Gasteiger partial charge in [-0.2, -0.15) is 0 Å². The summed E-state index contributed by atoms with van der Waals surface area (Å²) in [4.78, 5) is 31.2. The molecule has 0 aliphatic heterocycles. The fourth-order valence-corrected chi connectivity index (χ4v) is 3.44. The lowest BCUT2D eigenvalue weighted by Crippen LogP contribution is -2.31. The number of hydrogen-bond acceptors (Lipinski definition) is 5. The topological polar surface area (TPSA) is 71.5 Å². The van der Waals surface area contributed by atoms with Crippen molar-refractivity contribution in [2.24, 2.45) is 0 Å². The number of nitrogens with one attached hydrogen (secondary N) is 1. The second-order valence-corrected chi connectivity index (χ2v) is 7.25. The van der Waals surface area contributed by atoms with E-state index in [9.17, 15) is 9.59 Å². The first-order valence-corrected chi connectivity index (χ1v) is 10.0. The van der Waals surface area contributed by atoms with Crippen LogP contribution in [0, 0.1) is 13.8 Å². The Morgan fingerprint density at radius 3 is 2.50 bits per heavy atom. The fourth-order valence-electron chi connectivity index (χ4n) is 3.44. The Hall–Kier alpha value is -3.41. The van der Waals surface area contributed by atoms with Gasteiger partial charge in [-0.15, -0.1) is 0 Å². The molecule has 3 aromatic rings. The quantitative estimate of drug-likeness (QED) is 0.458. The van der Waals surface area contributed by atoms with Crippen LogP contribution in [0.5, 0.6) is 0 Å². The maximum absolute atomic E-state index is 12.6. The van der Waals surface area contributed by atoms with E-state index in [1.165, 1.54) is 0 Å². The summed E-state index contributed by atoms with van der Waals surface area (Å²) < 4.78 is 5.25. The fraction of sp³-hybridized carbons (Fsp3) is 0.292. The Balaban J connectivity index is 1.47. The van der Waals surface area contributed by atoms with E-state index in [4.69, 9.17) is 4.74 Å². The summed E-state index contributed by atoms with van der Waals surface area (Å²) in [6.07, 6.45) is 0.790. The van der Waals surface area contributed by atoms with E-state index in [0.29, 0.717) is 17.8 Å². The second kappa shape index (κ2) is 9.87. The Kier molecular flexibility index (Phi) is 7.01. The first-order valence-electron chi connectivity index (χ1n) is 10.0. The van der Waals surface area contributed by atoms with E-state index in [-0.39, 0.29) is 12.5 Å². The smallest absolute Gasteiger partial charge is 0.340 e. The van der Waals surface area contributed by atoms with Gasteiger partial charge in [0.1, 0.15) is 0 Å². The molecule has 0 saturated carbocycles. The van der Waals surface area contributed by atoms with Crippen LogP contribution in [0.3, 0.4) is 0 Å². The highest BCUT2D eigenvalue weighted by atomic mass is 16.5. The standard InChI is InChI=1S/C24H27N3O3/c1-17-20-12-7-8-13-21(20)26-18(2)23(17)24(29)30-16-22(28)25-14-9-15-27(3)19-10-5-4-6-11-19/h4-8,10-13H,9,14-16H2,1-3H3,(H,25,28). The number of aryl methyl sites for hydroxylation is 2. The lowest BCUT2D eigenvalue weighted by atomic mass is 10.0. The summed E-state index contributed by atoms with van der Waals surface area (Å²) in [6, 6.07) is 17.7. The highest BCUT2D eigenvalue weighted by molar-refractivity contribution is 5.99. The number of pyridine rings is 1. The number of rotatable bonds is 8. The van der Waals surface area contributed by atoms with E-state index in [1.54, 1.807) is 6.92 Å². The molecule has 0 aliphatic carbocycles. The van der Waals surface area contributed by atoms with Gasteiger partial charge in [0.25, 0.3) is 5.91 Å². The predicted molar refractivity (Wildman–Crippen MR) is 119 cm³/mol. The highest BCUT2D eigenvalue weighted by Crippen LogP contribution is 2.23. The molecule has 0 bridgehead atoms. The van der Waals surface area contributed by atoms with Crippen molar-refractivity contribution in [1.29, 1.82) is 0 Å². The summed E-state index contributed by atoms with van der Waals surface area (Å²) in [6.45, 7) is 4.67. The number of carbonyl (C=O) groups excluding carboxylic acids is 2. The number of nitrogens with zero attached hydrogens (tertiary/aromatic N) is 2. The van der Waals surface area contributed by atoms with Crippen LogP contribution in [0.4, 0.5) is 5.69 Å². The third-order valence-corrected chi connectivity index (χ3v) is 5.06. The van der Waals surface area contributed by atoms with Gasteiger partial charge in [0, 0.05) is 31.2 Å². The SMILES string of the molecule is Cc1nc2ccccc2c(C)c1C(=O)OCC(=O)NCCCN(C)c1ccccc1. The molecule has 30 heavy (non-hydrogen) atoms. The van der Waals surface area contributed by atoms with Crippen molar-refractivity contribution in [3.63, 3.8) is 0 Å². The summed E-state index contributed by atoms with van der Waals surface area (Å²) in [5.74, 6) is -0.836. The molecule has 2 aromatic carbocycles. The number of anilines is 1. The Labute approximate surface area is 176 Å². The zero-order valence-electron chi connectivity index (χ0n) is 17.6. The molecule has 0 spiro atoms. The molecule has 1 aromatic heterocycles. The van der Waals surface area contributed by atoms with Crippen molar-refractivity contribution in [2.75, 3.05) is 31.6 Å². The summed E-state index contributed by atoms with van der Waals surface area (Å²) in [5, 5.41) is 3.70. The Morgan fingerprint density at radius 1 is 1.03 bits per heavy atom. The number of esters is 1. The molecule has 0 aliphatic rings. The first-order chi connectivity index (χ1) is 14.5. The molecule has 0 radical (unpaired) electrons. The van der Waals surface area contributed by atoms with Crippen LogP contribution in [0.25, 0.3) is 10.9 Å². The summed E-state index contributed by atoms with van der Waals surface area (Å²) in [5.41, 5.74) is 3.80. The number of hydrogen-bond donors (Lipinski definition) is 1. The molecule has 0 unspecified atom stereocenters. The van der Waals surface area contributed by atoms with Crippen LogP contribution in [-0.2, 0) is 9.53 Å². The third kappa shape index (κ3) is 5.14. The van der Waals surface area contributed by atoms with E-state index in [1.807, 2.05) is 68.6 Å². The molecule has 1 amide bonds. The van der Waals surface area contributed by atoms with Crippen LogP contribution >= 0.6 is 0 Å².